The Kier molecular flexibility index (Phi) is 6.61. The molecule has 0 unspecified atom stereocenters. The number of aryl methyl sites for hydroxylation is 2. The largest absolute Gasteiger partial charge is 0.497 e. The molecule has 4 aromatic rings. The van der Waals surface area contributed by atoms with Crippen molar-refractivity contribution in [3.63, 3.8) is 0 Å². The Morgan fingerprint density at radius 1 is 1.12 bits per heavy atom. The Balaban J connectivity index is 1.53. The number of carbonyl (C=O) groups excluding carboxylic acids is 1. The summed E-state index contributed by atoms with van der Waals surface area (Å²) in [5.74, 6) is 2.36. The van der Waals surface area contributed by atoms with Crippen LogP contribution in [0.5, 0.6) is 5.75 Å². The number of nitrogens with zero attached hydrogens (tertiary/aromatic N) is 3. The van der Waals surface area contributed by atoms with Crippen LogP contribution >= 0.6 is 11.8 Å². The minimum atomic E-state index is -0.0968. The number of ether oxygens (including phenoxy) is 1. The lowest BCUT2D eigenvalue weighted by Crippen LogP contribution is -2.15. The summed E-state index contributed by atoms with van der Waals surface area (Å²) in [7, 11) is 1.63. The first-order chi connectivity index (χ1) is 15.5. The van der Waals surface area contributed by atoms with Crippen LogP contribution in [0.4, 0.5) is 5.69 Å². The standard InChI is InChI=1S/C24H24N4O3S/c1-16-6-11-21(17(2)13-16)25-22(29)15-32-24-27-26-23(18-7-9-19(30-3)10-8-18)28(24)14-20-5-4-12-31-20/h4-13H,14-15H2,1-3H3,(H,25,29). The monoisotopic (exact) mass is 448 g/mol. The molecule has 0 saturated heterocycles. The number of hydrogen-bond donors (Lipinski definition) is 1. The summed E-state index contributed by atoms with van der Waals surface area (Å²) in [6.07, 6.45) is 1.64. The third-order valence-corrected chi connectivity index (χ3v) is 5.91. The summed E-state index contributed by atoms with van der Waals surface area (Å²) in [5, 5.41) is 12.3. The second-order valence-electron chi connectivity index (χ2n) is 7.36. The molecule has 32 heavy (non-hydrogen) atoms. The molecule has 1 N–H and O–H groups in total. The molecule has 2 aromatic heterocycles. The third kappa shape index (κ3) is 5.03. The van der Waals surface area contributed by atoms with Crippen LogP contribution in [-0.2, 0) is 11.3 Å². The van der Waals surface area contributed by atoms with E-state index in [2.05, 4.69) is 15.5 Å². The van der Waals surface area contributed by atoms with Gasteiger partial charge in [0.15, 0.2) is 11.0 Å². The van der Waals surface area contributed by atoms with E-state index in [1.165, 1.54) is 11.8 Å². The maximum Gasteiger partial charge on any atom is 0.234 e. The number of hydrogen-bond acceptors (Lipinski definition) is 6. The van der Waals surface area contributed by atoms with Crippen LogP contribution in [0.15, 0.2) is 70.4 Å². The molecule has 8 heteroatoms. The van der Waals surface area contributed by atoms with Gasteiger partial charge in [0.05, 0.1) is 25.7 Å². The third-order valence-electron chi connectivity index (χ3n) is 4.95. The zero-order valence-corrected chi connectivity index (χ0v) is 19.0. The van der Waals surface area contributed by atoms with Gasteiger partial charge in [-0.15, -0.1) is 10.2 Å². The van der Waals surface area contributed by atoms with E-state index in [1.807, 2.05) is 73.0 Å². The van der Waals surface area contributed by atoms with Crippen molar-refractivity contribution in [2.75, 3.05) is 18.2 Å². The van der Waals surface area contributed by atoms with Gasteiger partial charge in [-0.05, 0) is 61.9 Å². The summed E-state index contributed by atoms with van der Waals surface area (Å²) >= 11 is 1.34. The summed E-state index contributed by atoms with van der Waals surface area (Å²) in [6, 6.07) is 17.3. The summed E-state index contributed by atoms with van der Waals surface area (Å²) in [4.78, 5) is 12.6. The van der Waals surface area contributed by atoms with Gasteiger partial charge >= 0.3 is 0 Å². The zero-order valence-electron chi connectivity index (χ0n) is 18.2. The molecule has 7 nitrogen and oxygen atoms in total. The Morgan fingerprint density at radius 3 is 2.62 bits per heavy atom. The van der Waals surface area contributed by atoms with E-state index in [0.29, 0.717) is 17.5 Å². The van der Waals surface area contributed by atoms with Crippen molar-refractivity contribution in [2.45, 2.75) is 25.5 Å². The van der Waals surface area contributed by atoms with E-state index < -0.39 is 0 Å². The van der Waals surface area contributed by atoms with Gasteiger partial charge in [0.25, 0.3) is 0 Å². The van der Waals surface area contributed by atoms with Crippen LogP contribution in [0.2, 0.25) is 0 Å². The lowest BCUT2D eigenvalue weighted by Gasteiger charge is -2.11. The molecule has 0 saturated carbocycles. The van der Waals surface area contributed by atoms with Gasteiger partial charge in [0.1, 0.15) is 11.5 Å². The number of carbonyl (C=O) groups is 1. The normalized spacial score (nSPS) is 10.8. The van der Waals surface area contributed by atoms with Crippen molar-refractivity contribution in [1.29, 1.82) is 0 Å². The Labute approximate surface area is 190 Å². The van der Waals surface area contributed by atoms with Crippen LogP contribution in [-0.4, -0.2) is 33.5 Å². The maximum atomic E-state index is 12.6. The Bertz CT molecular complexity index is 1200. The highest BCUT2D eigenvalue weighted by Crippen LogP contribution is 2.27. The molecule has 0 bridgehead atoms. The first-order valence-electron chi connectivity index (χ1n) is 10.1. The Hall–Kier alpha value is -3.52. The van der Waals surface area contributed by atoms with E-state index in [0.717, 1.165) is 33.9 Å². The quantitative estimate of drug-likeness (QED) is 0.384. The number of rotatable bonds is 8. The van der Waals surface area contributed by atoms with Crippen molar-refractivity contribution in [3.05, 3.63) is 77.7 Å². The van der Waals surface area contributed by atoms with Gasteiger partial charge in [-0.3, -0.25) is 9.36 Å². The minimum absolute atomic E-state index is 0.0968. The van der Waals surface area contributed by atoms with Crippen LogP contribution < -0.4 is 10.1 Å². The topological polar surface area (TPSA) is 82.2 Å². The summed E-state index contributed by atoms with van der Waals surface area (Å²) < 4.78 is 12.7. The zero-order chi connectivity index (χ0) is 22.5. The fraction of sp³-hybridized carbons (Fsp3) is 0.208. The molecule has 2 heterocycles. The number of aromatic nitrogens is 3. The van der Waals surface area contributed by atoms with E-state index in [9.17, 15) is 4.79 Å². The molecule has 1 amide bonds. The number of anilines is 1. The van der Waals surface area contributed by atoms with Gasteiger partial charge in [-0.1, -0.05) is 29.5 Å². The van der Waals surface area contributed by atoms with Crippen LogP contribution in [0.25, 0.3) is 11.4 Å². The second-order valence-corrected chi connectivity index (χ2v) is 8.30. The molecular weight excluding hydrogens is 424 g/mol. The number of benzene rings is 2. The summed E-state index contributed by atoms with van der Waals surface area (Å²) in [5.41, 5.74) is 3.91. The van der Waals surface area contributed by atoms with Gasteiger partial charge < -0.3 is 14.5 Å². The highest BCUT2D eigenvalue weighted by Gasteiger charge is 2.17. The molecule has 0 atom stereocenters. The molecule has 0 aliphatic heterocycles. The molecular formula is C24H24N4O3S. The van der Waals surface area contributed by atoms with Crippen molar-refractivity contribution < 1.29 is 13.9 Å². The Morgan fingerprint density at radius 2 is 1.94 bits per heavy atom. The number of nitrogens with one attached hydrogen (secondary N) is 1. The number of furan rings is 1. The maximum absolute atomic E-state index is 12.6. The lowest BCUT2D eigenvalue weighted by molar-refractivity contribution is -0.113. The smallest absolute Gasteiger partial charge is 0.234 e. The van der Waals surface area contributed by atoms with Crippen LogP contribution in [0, 0.1) is 13.8 Å². The average molecular weight is 449 g/mol. The van der Waals surface area contributed by atoms with Crippen molar-refractivity contribution in [1.82, 2.24) is 14.8 Å². The van der Waals surface area contributed by atoms with E-state index >= 15 is 0 Å². The molecule has 0 aliphatic rings. The van der Waals surface area contributed by atoms with E-state index in [4.69, 9.17) is 9.15 Å². The fourth-order valence-corrected chi connectivity index (χ4v) is 4.06. The summed E-state index contributed by atoms with van der Waals surface area (Å²) in [6.45, 7) is 4.47. The lowest BCUT2D eigenvalue weighted by atomic mass is 10.1. The number of thioether (sulfide) groups is 1. The van der Waals surface area contributed by atoms with Gasteiger partial charge in [-0.25, -0.2) is 0 Å². The molecule has 2 aromatic carbocycles. The molecule has 164 valence electrons. The van der Waals surface area contributed by atoms with Crippen LogP contribution in [0.3, 0.4) is 0 Å². The van der Waals surface area contributed by atoms with Gasteiger partial charge in [0, 0.05) is 11.3 Å². The van der Waals surface area contributed by atoms with Gasteiger partial charge in [0.2, 0.25) is 5.91 Å². The second kappa shape index (κ2) is 9.74. The SMILES string of the molecule is COc1ccc(-c2nnc(SCC(=O)Nc3ccc(C)cc3C)n2Cc2ccco2)cc1. The first-order valence-corrected chi connectivity index (χ1v) is 11.1. The molecule has 0 spiro atoms. The highest BCUT2D eigenvalue weighted by molar-refractivity contribution is 7.99. The minimum Gasteiger partial charge on any atom is -0.497 e. The van der Waals surface area contributed by atoms with E-state index in [1.54, 1.807) is 13.4 Å². The average Bonchev–Trinajstić information content (AvgIpc) is 3.45. The van der Waals surface area contributed by atoms with Crippen LogP contribution in [0.1, 0.15) is 16.9 Å². The predicted molar refractivity (Wildman–Crippen MR) is 125 cm³/mol. The number of amides is 1. The van der Waals surface area contributed by atoms with Crippen molar-refractivity contribution in [3.8, 4) is 17.1 Å². The first kappa shape index (κ1) is 21.7. The van der Waals surface area contributed by atoms with Gasteiger partial charge in [-0.2, -0.15) is 0 Å². The van der Waals surface area contributed by atoms with Crippen molar-refractivity contribution in [2.24, 2.45) is 0 Å². The fourth-order valence-electron chi connectivity index (χ4n) is 3.32. The van der Waals surface area contributed by atoms with E-state index in [-0.39, 0.29) is 11.7 Å². The molecule has 4 rings (SSSR count). The highest BCUT2D eigenvalue weighted by atomic mass is 32.2. The molecule has 0 radical (unpaired) electrons. The molecule has 0 aliphatic carbocycles. The predicted octanol–water partition coefficient (Wildman–Crippen LogP) is 4.94. The number of methoxy groups -OCH3 is 1. The van der Waals surface area contributed by atoms with Crippen molar-refractivity contribution >= 4 is 23.4 Å². The molecule has 0 fully saturated rings.